The second-order valence-corrected chi connectivity index (χ2v) is 6.59. The molecule has 138 valence electrons. The number of carbonyl (C=O) groups is 3. The first kappa shape index (κ1) is 17.1. The molecule has 0 bridgehead atoms. The lowest BCUT2D eigenvalue weighted by Crippen LogP contribution is -2.45. The van der Waals surface area contributed by atoms with Gasteiger partial charge in [0.25, 0.3) is 0 Å². The van der Waals surface area contributed by atoms with E-state index >= 15 is 0 Å². The monoisotopic (exact) mass is 365 g/mol. The minimum absolute atomic E-state index is 0.0386. The van der Waals surface area contributed by atoms with Gasteiger partial charge in [-0.3, -0.25) is 14.4 Å². The molecule has 1 atom stereocenters. The zero-order valence-corrected chi connectivity index (χ0v) is 14.8. The summed E-state index contributed by atoms with van der Waals surface area (Å²) in [6.07, 6.45) is 0.130. The number of nitrogens with zero attached hydrogens (tertiary/aromatic N) is 2. The first-order valence-electron chi connectivity index (χ1n) is 8.71. The number of anilines is 3. The zero-order chi connectivity index (χ0) is 19.0. The number of ether oxygens (including phenoxy) is 1. The van der Waals surface area contributed by atoms with Crippen molar-refractivity contribution in [3.05, 3.63) is 48.5 Å². The van der Waals surface area contributed by atoms with Crippen LogP contribution in [0.3, 0.4) is 0 Å². The third kappa shape index (κ3) is 3.12. The second kappa shape index (κ2) is 6.75. The molecular formula is C20H19N3O4. The summed E-state index contributed by atoms with van der Waals surface area (Å²) in [5.74, 6) is -0.333. The number of rotatable bonds is 3. The molecule has 0 radical (unpaired) electrons. The predicted molar refractivity (Wildman–Crippen MR) is 101 cm³/mol. The highest BCUT2D eigenvalue weighted by Gasteiger charge is 2.39. The second-order valence-electron chi connectivity index (χ2n) is 6.59. The molecule has 0 aliphatic carbocycles. The Morgan fingerprint density at radius 2 is 1.85 bits per heavy atom. The Hall–Kier alpha value is -3.35. The van der Waals surface area contributed by atoms with Crippen molar-refractivity contribution in [1.82, 2.24) is 0 Å². The predicted octanol–water partition coefficient (Wildman–Crippen LogP) is 2.03. The topological polar surface area (TPSA) is 79.0 Å². The molecule has 0 aromatic heterocycles. The smallest absolute Gasteiger partial charge is 0.244 e. The molecular weight excluding hydrogens is 346 g/mol. The fraction of sp³-hybridized carbons (Fsp3) is 0.250. The molecule has 2 aromatic rings. The number of hydrogen-bond donors (Lipinski definition) is 1. The van der Waals surface area contributed by atoms with E-state index in [1.54, 1.807) is 54.5 Å². The fourth-order valence-corrected chi connectivity index (χ4v) is 3.53. The molecule has 3 amide bonds. The molecule has 2 aliphatic heterocycles. The van der Waals surface area contributed by atoms with E-state index in [9.17, 15) is 14.4 Å². The standard InChI is InChI=1S/C20H19N3O4/c1-27-15-8-6-14(7-9-15)22-11-13(10-19(22)25)20(26)23-12-18(24)21-16-4-2-3-5-17(16)23/h2-9,13H,10-12H2,1H3,(H,21,24). The van der Waals surface area contributed by atoms with Gasteiger partial charge in [0.2, 0.25) is 17.7 Å². The van der Waals surface area contributed by atoms with Crippen LogP contribution in [0, 0.1) is 5.92 Å². The van der Waals surface area contributed by atoms with Crippen molar-refractivity contribution < 1.29 is 19.1 Å². The quantitative estimate of drug-likeness (QED) is 0.903. The summed E-state index contributed by atoms with van der Waals surface area (Å²) in [4.78, 5) is 40.6. The Morgan fingerprint density at radius 3 is 2.59 bits per heavy atom. The average molecular weight is 365 g/mol. The molecule has 1 saturated heterocycles. The molecule has 2 heterocycles. The van der Waals surface area contributed by atoms with E-state index in [-0.39, 0.29) is 30.7 Å². The number of hydrogen-bond acceptors (Lipinski definition) is 4. The van der Waals surface area contributed by atoms with E-state index in [2.05, 4.69) is 5.32 Å². The van der Waals surface area contributed by atoms with Crippen molar-refractivity contribution in [2.24, 2.45) is 5.92 Å². The van der Waals surface area contributed by atoms with Gasteiger partial charge >= 0.3 is 0 Å². The minimum Gasteiger partial charge on any atom is -0.497 e. The average Bonchev–Trinajstić information content (AvgIpc) is 3.08. The number of nitrogens with one attached hydrogen (secondary N) is 1. The molecule has 27 heavy (non-hydrogen) atoms. The number of methoxy groups -OCH3 is 1. The number of benzene rings is 2. The fourth-order valence-electron chi connectivity index (χ4n) is 3.53. The summed E-state index contributed by atoms with van der Waals surface area (Å²) in [5, 5.41) is 2.77. The highest BCUT2D eigenvalue weighted by molar-refractivity contribution is 6.12. The Kier molecular flexibility index (Phi) is 4.27. The lowest BCUT2D eigenvalue weighted by atomic mass is 10.1. The minimum atomic E-state index is -0.487. The Bertz CT molecular complexity index is 910. The van der Waals surface area contributed by atoms with Crippen molar-refractivity contribution in [2.45, 2.75) is 6.42 Å². The molecule has 0 saturated carbocycles. The van der Waals surface area contributed by atoms with Crippen LogP contribution in [0.1, 0.15) is 6.42 Å². The molecule has 7 nitrogen and oxygen atoms in total. The van der Waals surface area contributed by atoms with Gasteiger partial charge < -0.3 is 19.9 Å². The van der Waals surface area contributed by atoms with Crippen LogP contribution in [-0.2, 0) is 14.4 Å². The SMILES string of the molecule is COc1ccc(N2CC(C(=O)N3CC(=O)Nc4ccccc43)CC2=O)cc1. The lowest BCUT2D eigenvalue weighted by Gasteiger charge is -2.30. The van der Waals surface area contributed by atoms with Gasteiger partial charge in [-0.25, -0.2) is 0 Å². The lowest BCUT2D eigenvalue weighted by molar-refractivity contribution is -0.125. The van der Waals surface area contributed by atoms with Gasteiger partial charge in [-0.15, -0.1) is 0 Å². The van der Waals surface area contributed by atoms with Crippen LogP contribution in [0.4, 0.5) is 17.1 Å². The van der Waals surface area contributed by atoms with E-state index in [1.807, 2.05) is 6.07 Å². The summed E-state index contributed by atoms with van der Waals surface area (Å²) in [6, 6.07) is 14.3. The molecule has 2 aromatic carbocycles. The van der Waals surface area contributed by atoms with Gasteiger partial charge in [0.15, 0.2) is 0 Å². The van der Waals surface area contributed by atoms with Gasteiger partial charge in [-0.05, 0) is 36.4 Å². The van der Waals surface area contributed by atoms with Crippen molar-refractivity contribution in [2.75, 3.05) is 35.3 Å². The van der Waals surface area contributed by atoms with Crippen LogP contribution in [0.2, 0.25) is 0 Å². The number of para-hydroxylation sites is 2. The van der Waals surface area contributed by atoms with E-state index < -0.39 is 5.92 Å². The van der Waals surface area contributed by atoms with Crippen LogP contribution < -0.4 is 19.9 Å². The van der Waals surface area contributed by atoms with Gasteiger partial charge in [0.05, 0.1) is 24.4 Å². The summed E-state index contributed by atoms with van der Waals surface area (Å²) < 4.78 is 5.14. The van der Waals surface area contributed by atoms with Crippen molar-refractivity contribution in [3.63, 3.8) is 0 Å². The van der Waals surface area contributed by atoms with Crippen LogP contribution in [-0.4, -0.2) is 37.9 Å². The third-order valence-electron chi connectivity index (χ3n) is 4.90. The normalized spacial score (nSPS) is 18.9. The van der Waals surface area contributed by atoms with Gasteiger partial charge in [-0.2, -0.15) is 0 Å². The van der Waals surface area contributed by atoms with Crippen molar-refractivity contribution >= 4 is 34.8 Å². The van der Waals surface area contributed by atoms with Gasteiger partial charge in [0, 0.05) is 18.7 Å². The molecule has 7 heteroatoms. The maximum atomic E-state index is 13.1. The highest BCUT2D eigenvalue weighted by atomic mass is 16.5. The molecule has 2 aliphatic rings. The third-order valence-corrected chi connectivity index (χ3v) is 4.90. The van der Waals surface area contributed by atoms with Crippen LogP contribution in [0.5, 0.6) is 5.75 Å². The molecule has 0 spiro atoms. The maximum absolute atomic E-state index is 13.1. The van der Waals surface area contributed by atoms with Crippen LogP contribution in [0.25, 0.3) is 0 Å². The molecule has 1 fully saturated rings. The number of carbonyl (C=O) groups excluding carboxylic acids is 3. The molecule has 1 unspecified atom stereocenters. The molecule has 1 N–H and O–H groups in total. The first-order chi connectivity index (χ1) is 13.1. The van der Waals surface area contributed by atoms with Crippen LogP contribution >= 0.6 is 0 Å². The highest BCUT2D eigenvalue weighted by Crippen LogP contribution is 2.33. The summed E-state index contributed by atoms with van der Waals surface area (Å²) in [6.45, 7) is 0.257. The zero-order valence-electron chi connectivity index (χ0n) is 14.8. The summed E-state index contributed by atoms with van der Waals surface area (Å²) in [7, 11) is 1.58. The van der Waals surface area contributed by atoms with Gasteiger partial charge in [-0.1, -0.05) is 12.1 Å². The summed E-state index contributed by atoms with van der Waals surface area (Å²) in [5.41, 5.74) is 2.00. The largest absolute Gasteiger partial charge is 0.497 e. The Morgan fingerprint density at radius 1 is 1.11 bits per heavy atom. The van der Waals surface area contributed by atoms with Crippen molar-refractivity contribution in [3.8, 4) is 5.75 Å². The van der Waals surface area contributed by atoms with Gasteiger partial charge in [0.1, 0.15) is 12.3 Å². The van der Waals surface area contributed by atoms with E-state index in [0.717, 1.165) is 5.69 Å². The van der Waals surface area contributed by atoms with E-state index in [1.165, 1.54) is 4.90 Å². The van der Waals surface area contributed by atoms with Crippen LogP contribution in [0.15, 0.2) is 48.5 Å². The van der Waals surface area contributed by atoms with E-state index in [4.69, 9.17) is 4.74 Å². The number of fused-ring (bicyclic) bond motifs is 1. The van der Waals surface area contributed by atoms with Crippen molar-refractivity contribution in [1.29, 1.82) is 0 Å². The number of amides is 3. The van der Waals surface area contributed by atoms with E-state index in [0.29, 0.717) is 23.7 Å². The summed E-state index contributed by atoms with van der Waals surface area (Å²) >= 11 is 0. The Labute approximate surface area is 156 Å². The molecule has 4 rings (SSSR count). The Balaban J connectivity index is 1.55. The first-order valence-corrected chi connectivity index (χ1v) is 8.71. The maximum Gasteiger partial charge on any atom is 0.244 e.